The highest BCUT2D eigenvalue weighted by atomic mass is 32.2. The molecule has 0 aliphatic heterocycles. The van der Waals surface area contributed by atoms with Crippen molar-refractivity contribution in [2.24, 2.45) is 0 Å². The molecule has 5 nitrogen and oxygen atoms in total. The fourth-order valence-electron chi connectivity index (χ4n) is 2.07. The number of nitrogens with two attached hydrogens (primary N) is 1. The van der Waals surface area contributed by atoms with Gasteiger partial charge in [-0.3, -0.25) is 4.21 Å². The van der Waals surface area contributed by atoms with E-state index in [-0.39, 0.29) is 0 Å². The number of halogens is 7. The summed E-state index contributed by atoms with van der Waals surface area (Å²) in [6, 6.07) is -1.65. The Morgan fingerprint density at radius 2 is 1.92 bits per heavy atom. The van der Waals surface area contributed by atoms with Gasteiger partial charge in [-0.05, 0) is 25.2 Å². The Kier molecular flexibility index (Phi) is 4.74. The van der Waals surface area contributed by atoms with Crippen molar-refractivity contribution >= 4 is 16.7 Å². The van der Waals surface area contributed by atoms with Crippen LogP contribution in [0.15, 0.2) is 23.1 Å². The number of hydrogen-bond acceptors (Lipinski definition) is 4. The van der Waals surface area contributed by atoms with Crippen LogP contribution in [0.4, 0.5) is 36.7 Å². The lowest BCUT2D eigenvalue weighted by molar-refractivity contribution is -0.145. The fourth-order valence-corrected chi connectivity index (χ4v) is 3.04. The predicted molar refractivity (Wildman–Crippen MR) is 74.3 cm³/mol. The van der Waals surface area contributed by atoms with Crippen LogP contribution in [-0.2, 0) is 17.0 Å². The number of alkyl halides is 7. The molecule has 1 aromatic heterocycles. The van der Waals surface area contributed by atoms with Crippen LogP contribution in [0, 0.1) is 0 Å². The molecule has 0 aromatic carbocycles. The van der Waals surface area contributed by atoms with Crippen LogP contribution in [-0.4, -0.2) is 36.6 Å². The Morgan fingerprint density at radius 1 is 1.32 bits per heavy atom. The van der Waals surface area contributed by atoms with E-state index in [1.807, 2.05) is 0 Å². The van der Waals surface area contributed by atoms with Gasteiger partial charge in [0.25, 0.3) is 5.82 Å². The van der Waals surface area contributed by atoms with Gasteiger partial charge in [-0.2, -0.15) is 31.3 Å². The molecule has 0 bridgehead atoms. The molecular weight excluding hydrogens is 381 g/mol. The van der Waals surface area contributed by atoms with Crippen molar-refractivity contribution in [3.05, 3.63) is 29.0 Å². The molecule has 140 valence electrons. The smallest absolute Gasteiger partial charge is 0.368 e. The van der Waals surface area contributed by atoms with Crippen LogP contribution >= 0.6 is 0 Å². The van der Waals surface area contributed by atoms with Crippen molar-refractivity contribution in [2.75, 3.05) is 11.5 Å². The monoisotopic (exact) mass is 392 g/mol. The molecular formula is C12H11F7N4OS. The summed E-state index contributed by atoms with van der Waals surface area (Å²) in [6.45, 7) is 0.961. The Hall–Kier alpha value is -1.92. The minimum atomic E-state index is -4.94. The Bertz CT molecular complexity index is 748. The van der Waals surface area contributed by atoms with E-state index in [0.717, 1.165) is 25.2 Å². The minimum absolute atomic E-state index is 0.400. The second-order valence-corrected chi connectivity index (χ2v) is 6.79. The average molecular weight is 392 g/mol. The molecule has 3 atom stereocenters. The van der Waals surface area contributed by atoms with E-state index in [0.29, 0.717) is 4.68 Å². The van der Waals surface area contributed by atoms with Crippen LogP contribution in [0.2, 0.25) is 0 Å². The van der Waals surface area contributed by atoms with E-state index >= 15 is 0 Å². The summed E-state index contributed by atoms with van der Waals surface area (Å²) in [5, 5.41) is 3.08. The van der Waals surface area contributed by atoms with Crippen molar-refractivity contribution in [3.63, 3.8) is 0 Å². The lowest BCUT2D eigenvalue weighted by atomic mass is 9.94. The fraction of sp³-hybridized carbons (Fsp3) is 0.500. The van der Waals surface area contributed by atoms with Crippen molar-refractivity contribution in [2.45, 2.75) is 31.0 Å². The third-order valence-electron chi connectivity index (χ3n) is 3.21. The summed E-state index contributed by atoms with van der Waals surface area (Å²) in [5.74, 6) is -4.09. The molecule has 0 amide bonds. The van der Waals surface area contributed by atoms with Crippen LogP contribution in [0.1, 0.15) is 18.8 Å². The highest BCUT2D eigenvalue weighted by Gasteiger charge is 2.42. The molecule has 25 heavy (non-hydrogen) atoms. The van der Waals surface area contributed by atoms with Gasteiger partial charge in [-0.15, -0.1) is 5.10 Å². The highest BCUT2D eigenvalue weighted by molar-refractivity contribution is 7.89. The maximum Gasteiger partial charge on any atom is 0.453 e. The molecule has 0 saturated carbocycles. The Balaban J connectivity index is 2.43. The van der Waals surface area contributed by atoms with Crippen LogP contribution < -0.4 is 5.73 Å². The average Bonchev–Trinajstić information content (AvgIpc) is 2.78. The molecule has 2 rings (SSSR count). The van der Waals surface area contributed by atoms with Gasteiger partial charge in [0, 0.05) is 4.91 Å². The summed E-state index contributed by atoms with van der Waals surface area (Å²) in [7, 11) is -2.56. The molecule has 0 spiro atoms. The SMILES string of the molecule is CC1(F)C=CC(S(=O)CC(F)(F)F)=CC1n1nc(C(F)(F)F)nc1N. The summed E-state index contributed by atoms with van der Waals surface area (Å²) in [5.41, 5.74) is 2.99. The van der Waals surface area contributed by atoms with Crippen LogP contribution in [0.25, 0.3) is 0 Å². The van der Waals surface area contributed by atoms with E-state index in [9.17, 15) is 34.9 Å². The number of aromatic nitrogens is 3. The standard InChI is InChI=1S/C12H11F7N4OS/c1-10(13)3-2-6(25(24)5-11(14,15)16)4-7(10)23-9(20)21-8(22-23)12(17,18)19/h2-4,7H,5H2,1H3,(H2,20,21,22). The third-order valence-corrected chi connectivity index (χ3v) is 4.59. The minimum Gasteiger partial charge on any atom is -0.368 e. The van der Waals surface area contributed by atoms with E-state index < -0.39 is 57.3 Å². The first-order valence-electron chi connectivity index (χ1n) is 6.55. The van der Waals surface area contributed by atoms with E-state index in [2.05, 4.69) is 10.1 Å². The van der Waals surface area contributed by atoms with Crippen molar-refractivity contribution < 1.29 is 34.9 Å². The zero-order valence-corrected chi connectivity index (χ0v) is 13.2. The largest absolute Gasteiger partial charge is 0.453 e. The topological polar surface area (TPSA) is 73.8 Å². The van der Waals surface area contributed by atoms with Crippen molar-refractivity contribution in [1.29, 1.82) is 0 Å². The van der Waals surface area contributed by atoms with Gasteiger partial charge in [0.15, 0.2) is 5.67 Å². The lowest BCUT2D eigenvalue weighted by Gasteiger charge is -2.29. The third kappa shape index (κ3) is 4.38. The number of nitrogens with zero attached hydrogens (tertiary/aromatic N) is 3. The molecule has 13 heteroatoms. The van der Waals surface area contributed by atoms with Gasteiger partial charge < -0.3 is 5.73 Å². The normalized spacial score (nSPS) is 25.8. The van der Waals surface area contributed by atoms with Gasteiger partial charge in [-0.25, -0.2) is 9.07 Å². The second-order valence-electron chi connectivity index (χ2n) is 5.34. The summed E-state index contributed by atoms with van der Waals surface area (Å²) in [6.07, 6.45) is -7.21. The molecule has 0 fully saturated rings. The zero-order chi connectivity index (χ0) is 19.2. The molecule has 3 unspecified atom stereocenters. The predicted octanol–water partition coefficient (Wildman–Crippen LogP) is 2.91. The number of hydrogen-bond donors (Lipinski definition) is 1. The van der Waals surface area contributed by atoms with Crippen molar-refractivity contribution in [1.82, 2.24) is 14.8 Å². The van der Waals surface area contributed by atoms with Gasteiger partial charge in [0.2, 0.25) is 5.95 Å². The number of rotatable bonds is 3. The van der Waals surface area contributed by atoms with E-state index in [1.54, 1.807) is 0 Å². The van der Waals surface area contributed by atoms with Gasteiger partial charge in [0.1, 0.15) is 11.8 Å². The lowest BCUT2D eigenvalue weighted by Crippen LogP contribution is -2.33. The Labute approximate surface area is 138 Å². The highest BCUT2D eigenvalue weighted by Crippen LogP contribution is 2.38. The molecule has 0 saturated heterocycles. The second kappa shape index (κ2) is 6.11. The molecule has 2 N–H and O–H groups in total. The molecule has 0 radical (unpaired) electrons. The van der Waals surface area contributed by atoms with Crippen LogP contribution in [0.5, 0.6) is 0 Å². The van der Waals surface area contributed by atoms with Crippen molar-refractivity contribution in [3.8, 4) is 0 Å². The quantitative estimate of drug-likeness (QED) is 0.803. The van der Waals surface area contributed by atoms with Crippen LogP contribution in [0.3, 0.4) is 0 Å². The maximum absolute atomic E-state index is 14.6. The first-order valence-corrected chi connectivity index (χ1v) is 7.87. The molecule has 1 aliphatic carbocycles. The van der Waals surface area contributed by atoms with Gasteiger partial charge >= 0.3 is 12.4 Å². The molecule has 1 heterocycles. The summed E-state index contributed by atoms with van der Waals surface area (Å²) in [4.78, 5) is 2.58. The Morgan fingerprint density at radius 3 is 2.40 bits per heavy atom. The number of anilines is 1. The molecule has 1 aliphatic rings. The zero-order valence-electron chi connectivity index (χ0n) is 12.4. The first kappa shape index (κ1) is 19.4. The molecule has 1 aromatic rings. The van der Waals surface area contributed by atoms with E-state index in [1.165, 1.54) is 0 Å². The van der Waals surface area contributed by atoms with Gasteiger partial charge in [-0.1, -0.05) is 0 Å². The summed E-state index contributed by atoms with van der Waals surface area (Å²) < 4.78 is 102. The number of nitrogen functional groups attached to an aromatic ring is 1. The maximum atomic E-state index is 14.6. The summed E-state index contributed by atoms with van der Waals surface area (Å²) >= 11 is 0. The van der Waals surface area contributed by atoms with E-state index in [4.69, 9.17) is 5.73 Å². The number of allylic oxidation sites excluding steroid dienone is 3. The van der Waals surface area contributed by atoms with Gasteiger partial charge in [0.05, 0.1) is 10.8 Å². The first-order chi connectivity index (χ1) is 11.2.